The van der Waals surface area contributed by atoms with Crippen LogP contribution in [0.5, 0.6) is 11.5 Å². The molecule has 1 rings (SSSR count). The van der Waals surface area contributed by atoms with E-state index >= 15 is 0 Å². The summed E-state index contributed by atoms with van der Waals surface area (Å²) in [7, 11) is 1.63. The maximum Gasteiger partial charge on any atom is 0.124 e. The van der Waals surface area contributed by atoms with Crippen LogP contribution in [0.25, 0.3) is 0 Å². The lowest BCUT2D eigenvalue weighted by Gasteiger charge is -2.07. The molecule has 74 valence electrons. The largest absolute Gasteiger partial charge is 0.508 e. The molecule has 0 saturated carbocycles. The van der Waals surface area contributed by atoms with Crippen LogP contribution in [0, 0.1) is 13.8 Å². The summed E-state index contributed by atoms with van der Waals surface area (Å²) in [5, 5.41) is 9.16. The van der Waals surface area contributed by atoms with Crippen LogP contribution < -0.4 is 4.74 Å². The molecule has 0 atom stereocenters. The van der Waals surface area contributed by atoms with Crippen molar-refractivity contribution in [3.05, 3.63) is 23.3 Å². The van der Waals surface area contributed by atoms with Gasteiger partial charge in [-0.05, 0) is 37.1 Å². The summed E-state index contributed by atoms with van der Waals surface area (Å²) in [5.74, 6) is 1.14. The average molecular weight is 182 g/mol. The van der Waals surface area contributed by atoms with Gasteiger partial charge in [0, 0.05) is 0 Å². The lowest BCUT2D eigenvalue weighted by molar-refractivity contribution is 0.405. The van der Waals surface area contributed by atoms with E-state index in [4.69, 9.17) is 9.84 Å². The molecule has 13 heavy (non-hydrogen) atoms. The van der Waals surface area contributed by atoms with Gasteiger partial charge in [-0.15, -0.1) is 0 Å². The van der Waals surface area contributed by atoms with Crippen molar-refractivity contribution < 1.29 is 9.84 Å². The van der Waals surface area contributed by atoms with Crippen molar-refractivity contribution in [1.29, 1.82) is 0 Å². The van der Waals surface area contributed by atoms with Crippen LogP contribution in [-0.2, 0) is 0 Å². The Hall–Kier alpha value is -1.18. The molecule has 0 radical (unpaired) electrons. The maximum atomic E-state index is 9.16. The number of methoxy groups -OCH3 is 1. The highest BCUT2D eigenvalue weighted by Crippen LogP contribution is 2.26. The fourth-order valence-corrected chi connectivity index (χ4v) is 1.25. The van der Waals surface area contributed by atoms with Gasteiger partial charge in [0.15, 0.2) is 0 Å². The topological polar surface area (TPSA) is 29.5 Å². The second-order valence-electron chi connectivity index (χ2n) is 2.61. The zero-order valence-corrected chi connectivity index (χ0v) is 9.01. The van der Waals surface area contributed by atoms with Crippen LogP contribution in [0.2, 0.25) is 0 Å². The summed E-state index contributed by atoms with van der Waals surface area (Å²) < 4.78 is 5.12. The summed E-state index contributed by atoms with van der Waals surface area (Å²) in [6.07, 6.45) is 0. The molecule has 1 N–H and O–H groups in total. The number of ether oxygens (including phenoxy) is 1. The SMILES string of the molecule is CC.COc1c(C)cc(O)cc1C. The predicted molar refractivity (Wildman–Crippen MR) is 55.5 cm³/mol. The van der Waals surface area contributed by atoms with E-state index in [1.54, 1.807) is 19.2 Å². The number of phenols is 1. The Morgan fingerprint density at radius 1 is 1.08 bits per heavy atom. The van der Waals surface area contributed by atoms with E-state index in [0.29, 0.717) is 5.75 Å². The first-order chi connectivity index (χ1) is 6.15. The van der Waals surface area contributed by atoms with Gasteiger partial charge < -0.3 is 9.84 Å². The van der Waals surface area contributed by atoms with E-state index in [1.165, 1.54) is 0 Å². The molecule has 0 aromatic heterocycles. The first-order valence-corrected chi connectivity index (χ1v) is 4.49. The van der Waals surface area contributed by atoms with Crippen molar-refractivity contribution in [2.45, 2.75) is 27.7 Å². The first-order valence-electron chi connectivity index (χ1n) is 4.49. The van der Waals surface area contributed by atoms with Gasteiger partial charge in [-0.3, -0.25) is 0 Å². The quantitative estimate of drug-likeness (QED) is 0.723. The van der Waals surface area contributed by atoms with Crippen LogP contribution in [0.3, 0.4) is 0 Å². The molecule has 0 unspecified atom stereocenters. The Labute approximate surface area is 80.2 Å². The molecule has 1 aromatic rings. The number of aromatic hydroxyl groups is 1. The fourth-order valence-electron chi connectivity index (χ4n) is 1.25. The Morgan fingerprint density at radius 2 is 1.46 bits per heavy atom. The van der Waals surface area contributed by atoms with Crippen molar-refractivity contribution in [3.8, 4) is 11.5 Å². The molecule has 0 saturated heterocycles. The molecule has 0 bridgehead atoms. The number of rotatable bonds is 1. The molecule has 0 fully saturated rings. The third-order valence-corrected chi connectivity index (χ3v) is 1.65. The second kappa shape index (κ2) is 5.46. The van der Waals surface area contributed by atoms with Crippen molar-refractivity contribution in [1.82, 2.24) is 0 Å². The third kappa shape index (κ3) is 2.98. The molecular formula is C11H18O2. The van der Waals surface area contributed by atoms with Crippen LogP contribution >= 0.6 is 0 Å². The Balaban J connectivity index is 0.000000671. The number of aryl methyl sites for hydroxylation is 2. The van der Waals surface area contributed by atoms with E-state index in [2.05, 4.69) is 0 Å². The van der Waals surface area contributed by atoms with Crippen molar-refractivity contribution in [2.75, 3.05) is 7.11 Å². The Morgan fingerprint density at radius 3 is 1.77 bits per heavy atom. The van der Waals surface area contributed by atoms with Gasteiger partial charge >= 0.3 is 0 Å². The van der Waals surface area contributed by atoms with Gasteiger partial charge in [0.05, 0.1) is 7.11 Å². The molecule has 0 aliphatic rings. The fraction of sp³-hybridized carbons (Fsp3) is 0.455. The van der Waals surface area contributed by atoms with Crippen LogP contribution in [0.15, 0.2) is 12.1 Å². The zero-order chi connectivity index (χ0) is 10.4. The highest BCUT2D eigenvalue weighted by Gasteiger charge is 2.02. The van der Waals surface area contributed by atoms with Gasteiger partial charge in [0.2, 0.25) is 0 Å². The monoisotopic (exact) mass is 182 g/mol. The Bertz CT molecular complexity index is 244. The highest BCUT2D eigenvalue weighted by molar-refractivity contribution is 5.45. The van der Waals surface area contributed by atoms with Crippen molar-refractivity contribution in [2.24, 2.45) is 0 Å². The first kappa shape index (κ1) is 11.8. The summed E-state index contributed by atoms with van der Waals surface area (Å²) in [6.45, 7) is 7.82. The van der Waals surface area contributed by atoms with Crippen molar-refractivity contribution >= 4 is 0 Å². The van der Waals surface area contributed by atoms with Gasteiger partial charge in [0.25, 0.3) is 0 Å². The zero-order valence-electron chi connectivity index (χ0n) is 9.01. The standard InChI is InChI=1S/C9H12O2.C2H6/c1-6-4-8(10)5-7(2)9(6)11-3;1-2/h4-5,10H,1-3H3;1-2H3. The minimum atomic E-state index is 0.292. The van der Waals surface area contributed by atoms with Crippen LogP contribution in [-0.4, -0.2) is 12.2 Å². The molecular weight excluding hydrogens is 164 g/mol. The van der Waals surface area contributed by atoms with Gasteiger partial charge in [-0.1, -0.05) is 13.8 Å². The molecule has 2 nitrogen and oxygen atoms in total. The normalized spacial score (nSPS) is 8.69. The molecule has 0 aliphatic carbocycles. The van der Waals surface area contributed by atoms with Crippen LogP contribution in [0.4, 0.5) is 0 Å². The Kier molecular flexibility index (Phi) is 4.97. The summed E-state index contributed by atoms with van der Waals surface area (Å²) in [5.41, 5.74) is 1.93. The minimum Gasteiger partial charge on any atom is -0.508 e. The minimum absolute atomic E-state index is 0.292. The van der Waals surface area contributed by atoms with E-state index in [1.807, 2.05) is 27.7 Å². The molecule has 1 aromatic carbocycles. The highest BCUT2D eigenvalue weighted by atomic mass is 16.5. The lowest BCUT2D eigenvalue weighted by atomic mass is 10.1. The number of phenolic OH excluding ortho intramolecular Hbond substituents is 1. The van der Waals surface area contributed by atoms with E-state index in [-0.39, 0.29) is 0 Å². The maximum absolute atomic E-state index is 9.16. The third-order valence-electron chi connectivity index (χ3n) is 1.65. The molecule has 0 amide bonds. The number of hydrogen-bond acceptors (Lipinski definition) is 2. The number of hydrogen-bond donors (Lipinski definition) is 1. The van der Waals surface area contributed by atoms with Gasteiger partial charge in [0.1, 0.15) is 11.5 Å². The van der Waals surface area contributed by atoms with Crippen molar-refractivity contribution in [3.63, 3.8) is 0 Å². The van der Waals surface area contributed by atoms with Gasteiger partial charge in [-0.25, -0.2) is 0 Å². The van der Waals surface area contributed by atoms with Gasteiger partial charge in [-0.2, -0.15) is 0 Å². The second-order valence-corrected chi connectivity index (χ2v) is 2.61. The summed E-state index contributed by atoms with van der Waals surface area (Å²) in [6, 6.07) is 3.37. The van der Waals surface area contributed by atoms with Crippen LogP contribution in [0.1, 0.15) is 25.0 Å². The molecule has 0 heterocycles. The number of benzene rings is 1. The molecule has 0 aliphatic heterocycles. The predicted octanol–water partition coefficient (Wildman–Crippen LogP) is 3.04. The smallest absolute Gasteiger partial charge is 0.124 e. The molecule has 0 spiro atoms. The van der Waals surface area contributed by atoms with E-state index in [0.717, 1.165) is 16.9 Å². The van der Waals surface area contributed by atoms with E-state index in [9.17, 15) is 0 Å². The van der Waals surface area contributed by atoms with E-state index < -0.39 is 0 Å². The molecule has 2 heteroatoms. The summed E-state index contributed by atoms with van der Waals surface area (Å²) >= 11 is 0. The summed E-state index contributed by atoms with van der Waals surface area (Å²) in [4.78, 5) is 0. The lowest BCUT2D eigenvalue weighted by Crippen LogP contribution is -1.89. The average Bonchev–Trinajstić information content (AvgIpc) is 2.07.